The minimum atomic E-state index is 0. The van der Waals surface area contributed by atoms with Gasteiger partial charge in [-0.3, -0.25) is 9.89 Å². The van der Waals surface area contributed by atoms with Crippen LogP contribution < -0.4 is 11.1 Å². The molecular weight excluding hydrogens is 312 g/mol. The number of carbonyl (C=O) groups is 1. The van der Waals surface area contributed by atoms with Crippen LogP contribution in [-0.4, -0.2) is 22.1 Å². The van der Waals surface area contributed by atoms with E-state index in [9.17, 15) is 4.79 Å². The predicted molar refractivity (Wildman–Crippen MR) is 94.8 cm³/mol. The maximum absolute atomic E-state index is 12.3. The molecule has 1 heterocycles. The smallest absolute Gasteiger partial charge is 0.228 e. The summed E-state index contributed by atoms with van der Waals surface area (Å²) in [6.07, 6.45) is 11.6. The van der Waals surface area contributed by atoms with E-state index in [-0.39, 0.29) is 30.3 Å². The molecule has 3 rings (SSSR count). The minimum absolute atomic E-state index is 0. The van der Waals surface area contributed by atoms with Gasteiger partial charge in [-0.25, -0.2) is 0 Å². The number of aromatic nitrogens is 2. The number of aromatic amines is 1. The number of hydrogen-bond acceptors (Lipinski definition) is 3. The van der Waals surface area contributed by atoms with E-state index in [1.807, 2.05) is 6.07 Å². The van der Waals surface area contributed by atoms with Crippen molar-refractivity contribution < 1.29 is 4.79 Å². The number of amides is 1. The van der Waals surface area contributed by atoms with Gasteiger partial charge in [-0.1, -0.05) is 32.1 Å². The third kappa shape index (κ3) is 4.95. The summed E-state index contributed by atoms with van der Waals surface area (Å²) >= 11 is 0. The van der Waals surface area contributed by atoms with Crippen molar-refractivity contribution in [2.75, 3.05) is 5.32 Å². The second-order valence-corrected chi connectivity index (χ2v) is 7.01. The minimum Gasteiger partial charge on any atom is -0.328 e. The summed E-state index contributed by atoms with van der Waals surface area (Å²) in [5.41, 5.74) is 7.15. The molecule has 1 aromatic rings. The van der Waals surface area contributed by atoms with Crippen LogP contribution in [0.2, 0.25) is 0 Å². The van der Waals surface area contributed by atoms with Gasteiger partial charge >= 0.3 is 0 Å². The van der Waals surface area contributed by atoms with Crippen LogP contribution >= 0.6 is 12.4 Å². The summed E-state index contributed by atoms with van der Waals surface area (Å²) < 4.78 is 0. The number of nitrogens with zero attached hydrogens (tertiary/aromatic N) is 1. The average molecular weight is 341 g/mol. The molecule has 130 valence electrons. The van der Waals surface area contributed by atoms with Crippen LogP contribution in [-0.2, 0) is 4.79 Å². The van der Waals surface area contributed by atoms with E-state index in [1.165, 1.54) is 44.2 Å². The van der Waals surface area contributed by atoms with Gasteiger partial charge in [0.25, 0.3) is 0 Å². The number of halogens is 1. The first-order valence-corrected chi connectivity index (χ1v) is 8.84. The standard InChI is InChI=1S/C17H28N4O.ClH/c18-14-9-5-8-13(10-14)17(22)19-16-11-15(20-21-16)12-6-3-1-2-4-7-12;/h11-14H,1-10,18H2,(H2,19,20,21,22);1H. The summed E-state index contributed by atoms with van der Waals surface area (Å²) in [5, 5.41) is 10.4. The fourth-order valence-electron chi connectivity index (χ4n) is 3.89. The van der Waals surface area contributed by atoms with Crippen molar-refractivity contribution in [1.82, 2.24) is 10.2 Å². The lowest BCUT2D eigenvalue weighted by Crippen LogP contribution is -2.34. The van der Waals surface area contributed by atoms with Crippen molar-refractivity contribution in [3.05, 3.63) is 11.8 Å². The Kier molecular flexibility index (Phi) is 6.90. The Labute approximate surface area is 144 Å². The van der Waals surface area contributed by atoms with Crippen molar-refractivity contribution in [3.8, 4) is 0 Å². The van der Waals surface area contributed by atoms with Gasteiger partial charge in [-0.15, -0.1) is 12.4 Å². The van der Waals surface area contributed by atoms with E-state index in [4.69, 9.17) is 5.73 Å². The summed E-state index contributed by atoms with van der Waals surface area (Å²) in [7, 11) is 0. The molecule has 5 nitrogen and oxygen atoms in total. The highest BCUT2D eigenvalue weighted by molar-refractivity contribution is 5.91. The van der Waals surface area contributed by atoms with Crippen LogP contribution in [0.3, 0.4) is 0 Å². The van der Waals surface area contributed by atoms with Gasteiger partial charge in [0, 0.05) is 29.6 Å². The van der Waals surface area contributed by atoms with Gasteiger partial charge < -0.3 is 11.1 Å². The molecule has 23 heavy (non-hydrogen) atoms. The van der Waals surface area contributed by atoms with Crippen LogP contribution in [0.5, 0.6) is 0 Å². The molecule has 2 aliphatic rings. The summed E-state index contributed by atoms with van der Waals surface area (Å²) in [6, 6.07) is 2.20. The highest BCUT2D eigenvalue weighted by Gasteiger charge is 2.26. The molecule has 2 saturated carbocycles. The second-order valence-electron chi connectivity index (χ2n) is 7.01. The lowest BCUT2D eigenvalue weighted by Gasteiger charge is -2.25. The Bertz CT molecular complexity index is 497. The summed E-state index contributed by atoms with van der Waals surface area (Å²) in [5.74, 6) is 1.36. The Morgan fingerprint density at radius 3 is 2.57 bits per heavy atom. The predicted octanol–water partition coefficient (Wildman–Crippen LogP) is 3.73. The topological polar surface area (TPSA) is 83.8 Å². The molecule has 2 aliphatic carbocycles. The van der Waals surface area contributed by atoms with Gasteiger partial charge in [-0.05, 0) is 32.1 Å². The van der Waals surface area contributed by atoms with E-state index >= 15 is 0 Å². The van der Waals surface area contributed by atoms with E-state index in [1.54, 1.807) is 0 Å². The molecule has 0 bridgehead atoms. The Morgan fingerprint density at radius 2 is 1.87 bits per heavy atom. The highest BCUT2D eigenvalue weighted by atomic mass is 35.5. The zero-order valence-electron chi connectivity index (χ0n) is 13.7. The number of nitrogens with one attached hydrogen (secondary N) is 2. The zero-order chi connectivity index (χ0) is 15.4. The van der Waals surface area contributed by atoms with Crippen LogP contribution in [0.25, 0.3) is 0 Å². The molecule has 1 aromatic heterocycles. The van der Waals surface area contributed by atoms with E-state index in [0.717, 1.165) is 25.7 Å². The van der Waals surface area contributed by atoms with Crippen molar-refractivity contribution >= 4 is 24.1 Å². The fraction of sp³-hybridized carbons (Fsp3) is 0.765. The van der Waals surface area contributed by atoms with Crippen molar-refractivity contribution in [1.29, 1.82) is 0 Å². The van der Waals surface area contributed by atoms with Gasteiger partial charge in [0.1, 0.15) is 0 Å². The summed E-state index contributed by atoms with van der Waals surface area (Å²) in [6.45, 7) is 0. The molecule has 2 atom stereocenters. The first kappa shape index (κ1) is 18.3. The maximum atomic E-state index is 12.3. The number of rotatable bonds is 3. The van der Waals surface area contributed by atoms with Crippen LogP contribution in [0.15, 0.2) is 6.07 Å². The summed E-state index contributed by atoms with van der Waals surface area (Å²) in [4.78, 5) is 12.3. The van der Waals surface area contributed by atoms with E-state index in [0.29, 0.717) is 11.7 Å². The first-order chi connectivity index (χ1) is 10.7. The number of H-pyrrole nitrogens is 1. The molecule has 6 heteroatoms. The molecule has 1 amide bonds. The van der Waals surface area contributed by atoms with Gasteiger partial charge in [-0.2, -0.15) is 5.10 Å². The molecule has 0 saturated heterocycles. The first-order valence-electron chi connectivity index (χ1n) is 8.84. The Hall–Kier alpha value is -1.07. The van der Waals surface area contributed by atoms with E-state index < -0.39 is 0 Å². The third-order valence-electron chi connectivity index (χ3n) is 5.23. The number of nitrogens with two attached hydrogens (primary N) is 1. The molecule has 0 aliphatic heterocycles. The quantitative estimate of drug-likeness (QED) is 0.733. The van der Waals surface area contributed by atoms with E-state index in [2.05, 4.69) is 15.5 Å². The normalized spacial score (nSPS) is 26.1. The third-order valence-corrected chi connectivity index (χ3v) is 5.23. The van der Waals surface area contributed by atoms with Crippen LogP contribution in [0, 0.1) is 5.92 Å². The van der Waals surface area contributed by atoms with Gasteiger partial charge in [0.05, 0.1) is 0 Å². The Morgan fingerprint density at radius 1 is 1.13 bits per heavy atom. The monoisotopic (exact) mass is 340 g/mol. The van der Waals surface area contributed by atoms with Gasteiger partial charge in [0.15, 0.2) is 5.82 Å². The number of anilines is 1. The second kappa shape index (κ2) is 8.69. The van der Waals surface area contributed by atoms with Crippen LogP contribution in [0.4, 0.5) is 5.82 Å². The molecule has 0 radical (unpaired) electrons. The number of hydrogen-bond donors (Lipinski definition) is 3. The lowest BCUT2D eigenvalue weighted by atomic mass is 9.85. The fourth-order valence-corrected chi connectivity index (χ4v) is 3.89. The maximum Gasteiger partial charge on any atom is 0.228 e. The Balaban J connectivity index is 0.00000192. The van der Waals surface area contributed by atoms with Crippen molar-refractivity contribution in [3.63, 3.8) is 0 Å². The molecular formula is C17H29ClN4O. The molecule has 4 N–H and O–H groups in total. The molecule has 2 unspecified atom stereocenters. The highest BCUT2D eigenvalue weighted by Crippen LogP contribution is 2.31. The van der Waals surface area contributed by atoms with Crippen molar-refractivity contribution in [2.45, 2.75) is 76.2 Å². The number of carbonyl (C=O) groups excluding carboxylic acids is 1. The molecule has 0 aromatic carbocycles. The largest absolute Gasteiger partial charge is 0.328 e. The SMILES string of the molecule is Cl.NC1CCCC(C(=O)Nc2cc(C3CCCCCC3)[nH]n2)C1. The lowest BCUT2D eigenvalue weighted by molar-refractivity contribution is -0.120. The molecule has 2 fully saturated rings. The van der Waals surface area contributed by atoms with Crippen LogP contribution in [0.1, 0.15) is 75.8 Å². The van der Waals surface area contributed by atoms with Gasteiger partial charge in [0.2, 0.25) is 5.91 Å². The van der Waals surface area contributed by atoms with Crippen molar-refractivity contribution in [2.24, 2.45) is 11.7 Å². The zero-order valence-corrected chi connectivity index (χ0v) is 14.5. The molecule has 0 spiro atoms. The average Bonchev–Trinajstić information content (AvgIpc) is 2.81.